The Morgan fingerprint density at radius 1 is 1.19 bits per heavy atom. The highest BCUT2D eigenvalue weighted by Crippen LogP contribution is 2.29. The molecule has 0 bridgehead atoms. The first-order valence-electron chi connectivity index (χ1n) is 9.53. The number of nitrogens with one attached hydrogen (secondary N) is 1. The van der Waals surface area contributed by atoms with Gasteiger partial charge in [0, 0.05) is 18.2 Å². The van der Waals surface area contributed by atoms with Crippen LogP contribution in [-0.4, -0.2) is 22.3 Å². The average molecular weight is 435 g/mol. The summed E-state index contributed by atoms with van der Waals surface area (Å²) in [6.07, 6.45) is 0.450. The van der Waals surface area contributed by atoms with E-state index in [-0.39, 0.29) is 17.0 Å². The summed E-state index contributed by atoms with van der Waals surface area (Å²) in [6.45, 7) is 1.37. The van der Waals surface area contributed by atoms with Gasteiger partial charge in [-0.2, -0.15) is 13.9 Å². The molecule has 1 heterocycles. The van der Waals surface area contributed by atoms with Crippen LogP contribution in [0.5, 0.6) is 5.75 Å². The molecular weight excluding hydrogens is 414 g/mol. The first kappa shape index (κ1) is 22.3. The van der Waals surface area contributed by atoms with Crippen LogP contribution in [0.2, 0.25) is 0 Å². The van der Waals surface area contributed by atoms with E-state index < -0.39 is 18.4 Å². The molecule has 5 nitrogen and oxygen atoms in total. The summed E-state index contributed by atoms with van der Waals surface area (Å²) >= 11 is 0. The summed E-state index contributed by atoms with van der Waals surface area (Å²) in [6, 6.07) is 11.4. The van der Waals surface area contributed by atoms with Crippen molar-refractivity contribution in [3.05, 3.63) is 71.0 Å². The number of aromatic nitrogens is 2. The molecule has 3 rings (SSSR count). The second-order valence-electron chi connectivity index (χ2n) is 6.97. The van der Waals surface area contributed by atoms with E-state index in [1.165, 1.54) is 36.4 Å². The second kappa shape index (κ2) is 8.79. The summed E-state index contributed by atoms with van der Waals surface area (Å²) in [5.74, 6) is -3.50. The number of benzene rings is 2. The van der Waals surface area contributed by atoms with Crippen molar-refractivity contribution >= 4 is 11.6 Å². The lowest BCUT2D eigenvalue weighted by Gasteiger charge is -2.13. The molecule has 1 aromatic heterocycles. The number of alkyl halides is 4. The van der Waals surface area contributed by atoms with Gasteiger partial charge in [0.05, 0.1) is 22.6 Å². The quantitative estimate of drug-likeness (QED) is 0.484. The number of halogens is 4. The Kier molecular flexibility index (Phi) is 6.33. The van der Waals surface area contributed by atoms with Crippen molar-refractivity contribution in [2.75, 3.05) is 5.32 Å². The van der Waals surface area contributed by atoms with Gasteiger partial charge in [-0.05, 0) is 49.7 Å². The first-order chi connectivity index (χ1) is 14.6. The lowest BCUT2D eigenvalue weighted by Crippen LogP contribution is -2.16. The minimum Gasteiger partial charge on any atom is -0.435 e. The monoisotopic (exact) mass is 435 g/mol. The molecule has 2 aromatic carbocycles. The summed E-state index contributed by atoms with van der Waals surface area (Å²) < 4.78 is 57.8. The van der Waals surface area contributed by atoms with Crippen molar-refractivity contribution in [3.63, 3.8) is 0 Å². The van der Waals surface area contributed by atoms with Crippen molar-refractivity contribution in [2.45, 2.75) is 39.7 Å². The number of ether oxygens (including phenoxy) is 1. The lowest BCUT2D eigenvalue weighted by atomic mass is 10.1. The molecule has 0 saturated carbocycles. The molecule has 164 valence electrons. The maximum Gasteiger partial charge on any atom is 0.387 e. The van der Waals surface area contributed by atoms with Gasteiger partial charge in [-0.15, -0.1) is 0 Å². The highest BCUT2D eigenvalue weighted by molar-refractivity contribution is 6.06. The predicted molar refractivity (Wildman–Crippen MR) is 108 cm³/mol. The van der Waals surface area contributed by atoms with Crippen LogP contribution in [0, 0.1) is 6.92 Å². The minimum absolute atomic E-state index is 0.00579. The van der Waals surface area contributed by atoms with Gasteiger partial charge in [-0.1, -0.05) is 19.1 Å². The van der Waals surface area contributed by atoms with Crippen LogP contribution in [0.25, 0.3) is 5.69 Å². The number of carbonyl (C=O) groups excluding carboxylic acids is 1. The largest absolute Gasteiger partial charge is 0.435 e. The van der Waals surface area contributed by atoms with Crippen LogP contribution in [0.1, 0.15) is 41.2 Å². The molecule has 31 heavy (non-hydrogen) atoms. The van der Waals surface area contributed by atoms with Gasteiger partial charge >= 0.3 is 6.61 Å². The normalized spacial score (nSPS) is 11.6. The molecule has 0 radical (unpaired) electrons. The van der Waals surface area contributed by atoms with Crippen LogP contribution in [0.3, 0.4) is 0 Å². The summed E-state index contributed by atoms with van der Waals surface area (Å²) in [5, 5.41) is 7.06. The number of rotatable bonds is 7. The Hall–Kier alpha value is -3.36. The number of carbonyl (C=O) groups is 1. The molecule has 0 aliphatic heterocycles. The zero-order chi connectivity index (χ0) is 22.8. The standard InChI is InChI=1S/C22H21F4N3O2/c1-4-18-19(20(30)27-15-7-5-6-14(12-15)22(3,25)26)13(2)28-29(18)16-8-10-17(11-9-16)31-21(23)24/h5-12,21H,4H2,1-3H3,(H,27,30). The summed E-state index contributed by atoms with van der Waals surface area (Å²) in [7, 11) is 0. The predicted octanol–water partition coefficient (Wildman–Crippen LogP) is 5.71. The van der Waals surface area contributed by atoms with Crippen LogP contribution >= 0.6 is 0 Å². The zero-order valence-corrected chi connectivity index (χ0v) is 17.1. The fourth-order valence-corrected chi connectivity index (χ4v) is 3.24. The third-order valence-corrected chi connectivity index (χ3v) is 4.65. The van der Waals surface area contributed by atoms with Gasteiger partial charge in [0.1, 0.15) is 5.75 Å². The SMILES string of the molecule is CCc1c(C(=O)Nc2cccc(C(C)(F)F)c2)c(C)nn1-c1ccc(OC(F)F)cc1. The van der Waals surface area contributed by atoms with E-state index in [1.807, 2.05) is 6.92 Å². The van der Waals surface area contributed by atoms with Crippen LogP contribution in [0.15, 0.2) is 48.5 Å². The molecule has 0 aliphatic rings. The Bertz CT molecular complexity index is 1070. The number of amides is 1. The number of hydrogen-bond acceptors (Lipinski definition) is 3. The lowest BCUT2D eigenvalue weighted by molar-refractivity contribution is -0.0498. The van der Waals surface area contributed by atoms with E-state index in [0.717, 1.165) is 6.92 Å². The Balaban J connectivity index is 1.91. The maximum absolute atomic E-state index is 13.6. The van der Waals surface area contributed by atoms with Crippen molar-refractivity contribution in [3.8, 4) is 11.4 Å². The van der Waals surface area contributed by atoms with Gasteiger partial charge in [0.25, 0.3) is 11.8 Å². The molecule has 0 atom stereocenters. The molecule has 0 unspecified atom stereocenters. The van der Waals surface area contributed by atoms with Gasteiger partial charge in [0.2, 0.25) is 0 Å². The fourth-order valence-electron chi connectivity index (χ4n) is 3.24. The third kappa shape index (κ3) is 5.04. The van der Waals surface area contributed by atoms with E-state index in [9.17, 15) is 22.4 Å². The summed E-state index contributed by atoms with van der Waals surface area (Å²) in [4.78, 5) is 12.9. The Morgan fingerprint density at radius 3 is 2.45 bits per heavy atom. The van der Waals surface area contributed by atoms with Crippen molar-refractivity contribution in [1.82, 2.24) is 9.78 Å². The number of hydrogen-bond donors (Lipinski definition) is 1. The first-order valence-corrected chi connectivity index (χ1v) is 9.53. The minimum atomic E-state index is -3.03. The second-order valence-corrected chi connectivity index (χ2v) is 6.97. The molecule has 0 fully saturated rings. The van der Waals surface area contributed by atoms with E-state index >= 15 is 0 Å². The van der Waals surface area contributed by atoms with Gasteiger partial charge < -0.3 is 10.1 Å². The van der Waals surface area contributed by atoms with Crippen LogP contribution in [-0.2, 0) is 12.3 Å². The van der Waals surface area contributed by atoms with E-state index in [2.05, 4.69) is 15.2 Å². The number of aryl methyl sites for hydroxylation is 1. The highest BCUT2D eigenvalue weighted by Gasteiger charge is 2.25. The van der Waals surface area contributed by atoms with Gasteiger partial charge in [-0.25, -0.2) is 13.5 Å². The van der Waals surface area contributed by atoms with E-state index in [1.54, 1.807) is 23.7 Å². The van der Waals surface area contributed by atoms with Gasteiger partial charge in [-0.3, -0.25) is 4.79 Å². The zero-order valence-electron chi connectivity index (χ0n) is 17.1. The molecule has 1 amide bonds. The highest BCUT2D eigenvalue weighted by atomic mass is 19.3. The fraction of sp³-hybridized carbons (Fsp3) is 0.273. The Labute approximate surface area is 176 Å². The molecule has 0 aliphatic carbocycles. The van der Waals surface area contributed by atoms with E-state index in [0.29, 0.717) is 29.1 Å². The molecule has 9 heteroatoms. The maximum atomic E-state index is 13.6. The van der Waals surface area contributed by atoms with Crippen molar-refractivity contribution in [1.29, 1.82) is 0 Å². The topological polar surface area (TPSA) is 56.2 Å². The molecule has 0 saturated heterocycles. The van der Waals surface area contributed by atoms with Crippen molar-refractivity contribution < 1.29 is 27.1 Å². The average Bonchev–Trinajstić information content (AvgIpc) is 3.04. The van der Waals surface area contributed by atoms with Crippen LogP contribution in [0.4, 0.5) is 23.2 Å². The number of nitrogens with zero attached hydrogens (tertiary/aromatic N) is 2. The molecule has 3 aromatic rings. The third-order valence-electron chi connectivity index (χ3n) is 4.65. The van der Waals surface area contributed by atoms with Gasteiger partial charge in [0.15, 0.2) is 0 Å². The summed E-state index contributed by atoms with van der Waals surface area (Å²) in [5.41, 5.74) is 1.96. The van der Waals surface area contributed by atoms with Crippen molar-refractivity contribution in [2.24, 2.45) is 0 Å². The number of anilines is 1. The van der Waals surface area contributed by atoms with E-state index in [4.69, 9.17) is 0 Å². The molecule has 0 spiro atoms. The Morgan fingerprint density at radius 2 is 1.87 bits per heavy atom. The smallest absolute Gasteiger partial charge is 0.387 e. The van der Waals surface area contributed by atoms with Crippen LogP contribution < -0.4 is 10.1 Å². The molecule has 1 N–H and O–H groups in total. The molecular formula is C22H21F4N3O2.